The summed E-state index contributed by atoms with van der Waals surface area (Å²) in [5.41, 5.74) is 4.47. The Hall–Kier alpha value is -3.42. The smallest absolute Gasteiger partial charge is 0.333 e. The number of aliphatic hydroxyl groups excluding tert-OH is 1. The normalized spacial score (nSPS) is 18.6. The highest BCUT2D eigenvalue weighted by molar-refractivity contribution is 6.30. The number of nitrogens with one attached hydrogen (secondary N) is 1. The molecule has 2 N–H and O–H groups in total. The Morgan fingerprint density at radius 1 is 1.11 bits per heavy atom. The largest absolute Gasteiger partial charge is 0.389 e. The number of carbonyl (C=O) groups is 1. The molecule has 37 heavy (non-hydrogen) atoms. The molecule has 1 fully saturated rings. The van der Waals surface area contributed by atoms with Crippen molar-refractivity contribution in [2.45, 2.75) is 58.2 Å². The Morgan fingerprint density at radius 2 is 1.78 bits per heavy atom. The summed E-state index contributed by atoms with van der Waals surface area (Å²) in [6, 6.07) is 17.1. The monoisotopic (exact) mass is 518 g/mol. The average molecular weight is 519 g/mol. The van der Waals surface area contributed by atoms with Gasteiger partial charge in [-0.25, -0.2) is 4.79 Å². The molecule has 0 saturated heterocycles. The summed E-state index contributed by atoms with van der Waals surface area (Å²) in [6.07, 6.45) is 4.55. The molecule has 1 atom stereocenters. The van der Waals surface area contributed by atoms with Gasteiger partial charge in [-0.1, -0.05) is 35.9 Å². The molecule has 1 unspecified atom stereocenters. The minimum Gasteiger partial charge on any atom is -0.389 e. The second kappa shape index (κ2) is 10.5. The number of aliphatic hydroxyl groups is 1. The third kappa shape index (κ3) is 5.20. The number of fused-ring (bicyclic) bond motifs is 1. The quantitative estimate of drug-likeness (QED) is 0.367. The first-order valence-electron chi connectivity index (χ1n) is 12.7. The van der Waals surface area contributed by atoms with E-state index in [-0.39, 0.29) is 17.6 Å². The minimum atomic E-state index is -0.557. The molecule has 1 aliphatic carbocycles. The lowest BCUT2D eigenvalue weighted by atomic mass is 9.85. The van der Waals surface area contributed by atoms with E-state index in [4.69, 9.17) is 11.6 Å². The second-order valence-electron chi connectivity index (χ2n) is 9.96. The van der Waals surface area contributed by atoms with Crippen molar-refractivity contribution in [3.05, 3.63) is 93.1 Å². The molecule has 7 nitrogen and oxygen atoms in total. The predicted octanol–water partition coefficient (Wildman–Crippen LogP) is 5.19. The van der Waals surface area contributed by atoms with Crippen LogP contribution in [0.1, 0.15) is 60.3 Å². The molecule has 4 aromatic rings. The van der Waals surface area contributed by atoms with Crippen molar-refractivity contribution in [3.63, 3.8) is 0 Å². The molecule has 2 heterocycles. The number of halogens is 1. The average Bonchev–Trinajstić information content (AvgIpc) is 3.17. The summed E-state index contributed by atoms with van der Waals surface area (Å²) < 4.78 is 3.62. The van der Waals surface area contributed by atoms with E-state index in [1.807, 2.05) is 53.1 Å². The number of benzene rings is 2. The van der Waals surface area contributed by atoms with E-state index >= 15 is 0 Å². The summed E-state index contributed by atoms with van der Waals surface area (Å²) in [7, 11) is 0. The number of aryl methyl sites for hydroxylation is 1. The topological polar surface area (TPSA) is 89.2 Å². The van der Waals surface area contributed by atoms with E-state index in [2.05, 4.69) is 10.3 Å². The van der Waals surface area contributed by atoms with Crippen LogP contribution >= 0.6 is 11.6 Å². The van der Waals surface area contributed by atoms with Crippen LogP contribution in [0.4, 0.5) is 0 Å². The van der Waals surface area contributed by atoms with Crippen molar-refractivity contribution in [2.75, 3.05) is 0 Å². The van der Waals surface area contributed by atoms with Crippen LogP contribution in [0.2, 0.25) is 5.02 Å². The number of hydrogen-bond donors (Lipinski definition) is 2. The first-order chi connectivity index (χ1) is 17.8. The molecule has 8 heteroatoms. The van der Waals surface area contributed by atoms with Gasteiger partial charge in [0.25, 0.3) is 5.91 Å². The van der Waals surface area contributed by atoms with Gasteiger partial charge in [0.1, 0.15) is 0 Å². The molecule has 1 saturated carbocycles. The number of amides is 1. The van der Waals surface area contributed by atoms with Crippen LogP contribution in [0.25, 0.3) is 16.7 Å². The molecule has 0 radical (unpaired) electrons. The summed E-state index contributed by atoms with van der Waals surface area (Å²) in [5.74, 6) is 0.203. The number of pyridine rings is 1. The minimum absolute atomic E-state index is 0.0645. The van der Waals surface area contributed by atoms with Gasteiger partial charge in [-0.15, -0.1) is 0 Å². The van der Waals surface area contributed by atoms with E-state index in [1.54, 1.807) is 30.7 Å². The van der Waals surface area contributed by atoms with Crippen molar-refractivity contribution in [1.82, 2.24) is 19.4 Å². The van der Waals surface area contributed by atoms with Crippen molar-refractivity contribution in [2.24, 2.45) is 5.92 Å². The van der Waals surface area contributed by atoms with Gasteiger partial charge in [-0.3, -0.25) is 18.9 Å². The van der Waals surface area contributed by atoms with Gasteiger partial charge in [0, 0.05) is 18.8 Å². The predicted molar refractivity (Wildman–Crippen MR) is 145 cm³/mol. The number of nitrogens with zero attached hydrogens (tertiary/aromatic N) is 3. The van der Waals surface area contributed by atoms with Crippen molar-refractivity contribution >= 4 is 28.5 Å². The second-order valence-corrected chi connectivity index (χ2v) is 10.4. The zero-order valence-electron chi connectivity index (χ0n) is 21.0. The molecule has 0 spiro atoms. The highest BCUT2D eigenvalue weighted by atomic mass is 35.5. The first-order valence-corrected chi connectivity index (χ1v) is 13.1. The number of para-hydroxylation sites is 2. The number of imidazole rings is 1. The lowest BCUT2D eigenvalue weighted by Crippen LogP contribution is -2.39. The van der Waals surface area contributed by atoms with Crippen LogP contribution in [-0.4, -0.2) is 31.2 Å². The number of carbonyl (C=O) groups excluding carboxylic acids is 1. The van der Waals surface area contributed by atoms with E-state index in [0.717, 1.165) is 48.0 Å². The van der Waals surface area contributed by atoms with Crippen LogP contribution in [0.3, 0.4) is 0 Å². The number of aromatic nitrogens is 3. The van der Waals surface area contributed by atoms with Gasteiger partial charge in [0.15, 0.2) is 0 Å². The van der Waals surface area contributed by atoms with Gasteiger partial charge in [0.05, 0.1) is 39.1 Å². The van der Waals surface area contributed by atoms with Crippen molar-refractivity contribution < 1.29 is 9.90 Å². The van der Waals surface area contributed by atoms with Gasteiger partial charge >= 0.3 is 5.69 Å². The fraction of sp³-hybridized carbons (Fsp3) is 0.345. The van der Waals surface area contributed by atoms with E-state index < -0.39 is 6.10 Å². The lowest BCUT2D eigenvalue weighted by Gasteiger charge is -2.29. The Bertz CT molecular complexity index is 1480. The Morgan fingerprint density at radius 3 is 2.46 bits per heavy atom. The highest BCUT2D eigenvalue weighted by Crippen LogP contribution is 2.28. The molecule has 0 bridgehead atoms. The third-order valence-corrected chi connectivity index (χ3v) is 7.60. The van der Waals surface area contributed by atoms with Crippen LogP contribution in [0.5, 0.6) is 0 Å². The summed E-state index contributed by atoms with van der Waals surface area (Å²) in [6.45, 7) is 4.16. The fourth-order valence-electron chi connectivity index (χ4n) is 5.28. The zero-order valence-corrected chi connectivity index (χ0v) is 21.8. The molecule has 0 aliphatic heterocycles. The van der Waals surface area contributed by atoms with Gasteiger partial charge in [-0.05, 0) is 81.3 Å². The number of rotatable bonds is 6. The zero-order chi connectivity index (χ0) is 26.1. The molecular formula is C29H31ClN4O3. The maximum Gasteiger partial charge on any atom is 0.333 e. The van der Waals surface area contributed by atoms with Gasteiger partial charge in [0.2, 0.25) is 0 Å². The highest BCUT2D eigenvalue weighted by Gasteiger charge is 2.25. The van der Waals surface area contributed by atoms with E-state index in [1.165, 1.54) is 0 Å². The molecule has 2 aromatic carbocycles. The molecule has 5 rings (SSSR count). The van der Waals surface area contributed by atoms with Crippen LogP contribution < -0.4 is 11.0 Å². The summed E-state index contributed by atoms with van der Waals surface area (Å²) >= 11 is 6.03. The fourth-order valence-corrected chi connectivity index (χ4v) is 5.44. The Kier molecular flexibility index (Phi) is 7.17. The maximum atomic E-state index is 13.6. The Balaban J connectivity index is 1.31. The Labute approximate surface area is 220 Å². The molecular weight excluding hydrogens is 488 g/mol. The third-order valence-electron chi connectivity index (χ3n) is 7.39. The molecule has 1 amide bonds. The maximum absolute atomic E-state index is 13.6. The van der Waals surface area contributed by atoms with Crippen molar-refractivity contribution in [3.8, 4) is 5.69 Å². The van der Waals surface area contributed by atoms with Gasteiger partial charge in [-0.2, -0.15) is 0 Å². The number of hydrogen-bond acceptors (Lipinski definition) is 4. The van der Waals surface area contributed by atoms with E-state index in [9.17, 15) is 14.7 Å². The molecule has 1 aliphatic rings. The first kappa shape index (κ1) is 25.2. The van der Waals surface area contributed by atoms with Crippen LogP contribution in [-0.2, 0) is 6.54 Å². The molecule has 192 valence electrons. The summed E-state index contributed by atoms with van der Waals surface area (Å²) in [5, 5.41) is 13.4. The summed E-state index contributed by atoms with van der Waals surface area (Å²) in [4.78, 5) is 30.6. The van der Waals surface area contributed by atoms with Crippen LogP contribution in [0.15, 0.2) is 65.6 Å². The van der Waals surface area contributed by atoms with Crippen molar-refractivity contribution in [1.29, 1.82) is 0 Å². The molecule has 2 aromatic heterocycles. The van der Waals surface area contributed by atoms with Crippen LogP contribution in [0, 0.1) is 12.8 Å². The lowest BCUT2D eigenvalue weighted by molar-refractivity contribution is 0.0919. The van der Waals surface area contributed by atoms with Gasteiger partial charge < -0.3 is 10.4 Å². The standard InChI is InChI=1S/C29H31ClN4O3/c1-18-25(15-22(30)16-31-18)28(36)32-23-11-7-20(8-12-23)17-33-26-5-3-4-6-27(26)34(29(33)37)24-13-9-21(10-14-24)19(2)35/h3-6,9-10,13-16,19-20,23,35H,7-8,11-12,17H2,1-2H3,(H,32,36). The SMILES string of the molecule is Cc1ncc(Cl)cc1C(=O)NC1CCC(Cn2c(=O)n(-c3ccc(C(C)O)cc3)c3ccccc32)CC1. The van der Waals surface area contributed by atoms with E-state index in [0.29, 0.717) is 28.7 Å².